The molecule has 1 fully saturated rings. The molecule has 0 saturated carbocycles. The topological polar surface area (TPSA) is 110 Å². The molecule has 1 unspecified atom stereocenters. The molecule has 0 radical (unpaired) electrons. The Morgan fingerprint density at radius 3 is 2.62 bits per heavy atom. The molecule has 32 heavy (non-hydrogen) atoms. The van der Waals surface area contributed by atoms with Crippen molar-refractivity contribution >= 4 is 17.5 Å². The van der Waals surface area contributed by atoms with Gasteiger partial charge in [-0.3, -0.25) is 24.5 Å². The number of amides is 2. The van der Waals surface area contributed by atoms with Gasteiger partial charge < -0.3 is 15.8 Å². The van der Waals surface area contributed by atoms with E-state index in [2.05, 4.69) is 15.3 Å². The summed E-state index contributed by atoms with van der Waals surface area (Å²) in [6.45, 7) is 1.49. The summed E-state index contributed by atoms with van der Waals surface area (Å²) in [6.07, 6.45) is 2.78. The van der Waals surface area contributed by atoms with Crippen molar-refractivity contribution in [3.63, 3.8) is 0 Å². The van der Waals surface area contributed by atoms with E-state index >= 15 is 0 Å². The number of hydrogen-bond donors (Lipinski definition) is 2. The van der Waals surface area contributed by atoms with Crippen LogP contribution in [0.2, 0.25) is 0 Å². The van der Waals surface area contributed by atoms with Crippen LogP contribution in [0.1, 0.15) is 22.2 Å². The van der Waals surface area contributed by atoms with Crippen LogP contribution < -0.4 is 11.1 Å². The number of benzene rings is 2. The van der Waals surface area contributed by atoms with Crippen LogP contribution in [0.15, 0.2) is 60.9 Å². The summed E-state index contributed by atoms with van der Waals surface area (Å²) < 4.78 is 19.7. The molecule has 2 aromatic carbocycles. The number of carbonyl (C=O) groups is 2. The fourth-order valence-electron chi connectivity index (χ4n) is 3.57. The maximum atomic E-state index is 13.8. The van der Waals surface area contributed by atoms with Crippen molar-refractivity contribution in [3.8, 4) is 11.3 Å². The monoisotopic (exact) mass is 435 g/mol. The molecule has 4 rings (SSSR count). The molecule has 1 atom stereocenters. The molecule has 1 aromatic heterocycles. The van der Waals surface area contributed by atoms with E-state index in [1.807, 2.05) is 4.90 Å². The van der Waals surface area contributed by atoms with Crippen molar-refractivity contribution < 1.29 is 18.7 Å². The Balaban J connectivity index is 1.47. The lowest BCUT2D eigenvalue weighted by molar-refractivity contribution is -0.119. The number of primary amides is 1. The highest BCUT2D eigenvalue weighted by atomic mass is 19.1. The van der Waals surface area contributed by atoms with Crippen molar-refractivity contribution in [2.45, 2.75) is 6.10 Å². The van der Waals surface area contributed by atoms with Crippen LogP contribution in [-0.2, 0) is 9.53 Å². The predicted molar refractivity (Wildman–Crippen MR) is 116 cm³/mol. The van der Waals surface area contributed by atoms with Crippen molar-refractivity contribution in [2.75, 3.05) is 31.6 Å². The molecule has 1 aliphatic heterocycles. The van der Waals surface area contributed by atoms with Gasteiger partial charge in [-0.2, -0.15) is 0 Å². The minimum Gasteiger partial charge on any atom is -0.369 e. The van der Waals surface area contributed by atoms with Gasteiger partial charge >= 0.3 is 0 Å². The number of anilines is 1. The summed E-state index contributed by atoms with van der Waals surface area (Å²) in [7, 11) is 0. The van der Waals surface area contributed by atoms with Gasteiger partial charge in [-0.1, -0.05) is 24.3 Å². The maximum Gasteiger partial charge on any atom is 0.248 e. The number of morpholine rings is 1. The normalized spacial score (nSPS) is 16.5. The van der Waals surface area contributed by atoms with E-state index in [-0.39, 0.29) is 18.1 Å². The van der Waals surface area contributed by atoms with E-state index in [1.165, 1.54) is 12.1 Å². The first-order valence-electron chi connectivity index (χ1n) is 10.1. The molecule has 0 spiro atoms. The first-order chi connectivity index (χ1) is 15.5. The molecule has 3 aromatic rings. The Bertz CT molecular complexity index is 1120. The minimum absolute atomic E-state index is 0.0943. The highest BCUT2D eigenvalue weighted by Crippen LogP contribution is 2.29. The largest absolute Gasteiger partial charge is 0.369 e. The fraction of sp³-hybridized carbons (Fsp3) is 0.217. The Morgan fingerprint density at radius 1 is 1.12 bits per heavy atom. The number of para-hydroxylation sites is 1. The summed E-state index contributed by atoms with van der Waals surface area (Å²) in [5, 5.41) is 2.60. The average Bonchev–Trinajstić information content (AvgIpc) is 2.81. The summed E-state index contributed by atoms with van der Waals surface area (Å²) in [4.78, 5) is 34.6. The van der Waals surface area contributed by atoms with Gasteiger partial charge in [-0.05, 0) is 24.3 Å². The van der Waals surface area contributed by atoms with Gasteiger partial charge in [0.25, 0.3) is 0 Å². The zero-order chi connectivity index (χ0) is 22.5. The lowest BCUT2D eigenvalue weighted by atomic mass is 10.0. The van der Waals surface area contributed by atoms with Crippen LogP contribution in [-0.4, -0.2) is 52.9 Å². The quantitative estimate of drug-likeness (QED) is 0.615. The highest BCUT2D eigenvalue weighted by Gasteiger charge is 2.27. The van der Waals surface area contributed by atoms with Gasteiger partial charge in [0.05, 0.1) is 30.2 Å². The van der Waals surface area contributed by atoms with Gasteiger partial charge in [-0.25, -0.2) is 4.39 Å². The molecule has 3 N–H and O–H groups in total. The van der Waals surface area contributed by atoms with Gasteiger partial charge in [0.15, 0.2) is 0 Å². The van der Waals surface area contributed by atoms with Crippen LogP contribution in [0, 0.1) is 5.82 Å². The van der Waals surface area contributed by atoms with Crippen molar-refractivity contribution in [1.29, 1.82) is 0 Å². The maximum absolute atomic E-state index is 13.8. The van der Waals surface area contributed by atoms with Gasteiger partial charge in [0.2, 0.25) is 11.8 Å². The smallest absolute Gasteiger partial charge is 0.248 e. The third kappa shape index (κ3) is 4.96. The molecule has 9 heteroatoms. The number of nitrogens with zero attached hydrogens (tertiary/aromatic N) is 3. The van der Waals surface area contributed by atoms with Gasteiger partial charge in [0.1, 0.15) is 11.9 Å². The van der Waals surface area contributed by atoms with Crippen LogP contribution in [0.25, 0.3) is 11.3 Å². The Hall–Kier alpha value is -3.69. The zero-order valence-electron chi connectivity index (χ0n) is 17.2. The van der Waals surface area contributed by atoms with Crippen molar-refractivity contribution in [1.82, 2.24) is 14.9 Å². The standard InChI is InChI=1S/C23H22FN5O3/c24-17-3-1-2-4-18(17)28-20(30)14-29-11-12-32-19(13-29)22-21(26-9-10-27-22)15-5-7-16(8-6-15)23(25)31/h1-10,19H,11-14H2,(H2,25,31)(H,28,30). The third-order valence-corrected chi connectivity index (χ3v) is 5.14. The molecule has 2 amide bonds. The number of aromatic nitrogens is 2. The van der Waals surface area contributed by atoms with E-state index in [4.69, 9.17) is 10.5 Å². The summed E-state index contributed by atoms with van der Waals surface area (Å²) in [6, 6.07) is 12.8. The predicted octanol–water partition coefficient (Wildman–Crippen LogP) is 2.39. The molecule has 164 valence electrons. The molecule has 1 aliphatic rings. The summed E-state index contributed by atoms with van der Waals surface area (Å²) in [5.41, 5.74) is 7.91. The third-order valence-electron chi connectivity index (χ3n) is 5.14. The Labute approximate surface area is 184 Å². The molecule has 0 bridgehead atoms. The number of hydrogen-bond acceptors (Lipinski definition) is 6. The number of carbonyl (C=O) groups excluding carboxylic acids is 2. The van der Waals surface area contributed by atoms with E-state index < -0.39 is 17.8 Å². The number of nitrogens with one attached hydrogen (secondary N) is 1. The molecule has 1 saturated heterocycles. The lowest BCUT2D eigenvalue weighted by Crippen LogP contribution is -2.43. The minimum atomic E-state index is -0.504. The van der Waals surface area contributed by atoms with Gasteiger partial charge in [-0.15, -0.1) is 0 Å². The van der Waals surface area contributed by atoms with E-state index in [1.54, 1.807) is 48.8 Å². The zero-order valence-corrected chi connectivity index (χ0v) is 17.2. The van der Waals surface area contributed by atoms with Crippen LogP contribution in [0.5, 0.6) is 0 Å². The Morgan fingerprint density at radius 2 is 1.88 bits per heavy atom. The van der Waals surface area contributed by atoms with Gasteiger partial charge in [0, 0.05) is 36.6 Å². The molecule has 2 heterocycles. The Kier molecular flexibility index (Phi) is 6.48. The second-order valence-corrected chi connectivity index (χ2v) is 7.35. The lowest BCUT2D eigenvalue weighted by Gasteiger charge is -2.32. The highest BCUT2D eigenvalue weighted by molar-refractivity contribution is 5.93. The van der Waals surface area contributed by atoms with Crippen molar-refractivity contribution in [2.24, 2.45) is 5.73 Å². The first kappa shape index (κ1) is 21.5. The van der Waals surface area contributed by atoms with Crippen LogP contribution in [0.3, 0.4) is 0 Å². The summed E-state index contributed by atoms with van der Waals surface area (Å²) in [5.74, 6) is -1.29. The second kappa shape index (κ2) is 9.63. The van der Waals surface area contributed by atoms with E-state index in [0.717, 1.165) is 5.56 Å². The van der Waals surface area contributed by atoms with E-state index in [9.17, 15) is 14.0 Å². The SMILES string of the molecule is NC(=O)c1ccc(-c2nccnc2C2CN(CC(=O)Nc3ccccc3F)CCO2)cc1. The molecule has 8 nitrogen and oxygen atoms in total. The average molecular weight is 435 g/mol. The molecule has 0 aliphatic carbocycles. The first-order valence-corrected chi connectivity index (χ1v) is 10.1. The fourth-order valence-corrected chi connectivity index (χ4v) is 3.57. The van der Waals surface area contributed by atoms with Crippen LogP contribution in [0.4, 0.5) is 10.1 Å². The molecular formula is C23H22FN5O3. The van der Waals surface area contributed by atoms with E-state index in [0.29, 0.717) is 36.6 Å². The second-order valence-electron chi connectivity index (χ2n) is 7.35. The number of halogens is 1. The number of rotatable bonds is 6. The number of ether oxygens (including phenoxy) is 1. The molecular weight excluding hydrogens is 413 g/mol. The van der Waals surface area contributed by atoms with Crippen LogP contribution >= 0.6 is 0 Å². The number of nitrogens with two attached hydrogens (primary N) is 1. The summed E-state index contributed by atoms with van der Waals surface area (Å²) >= 11 is 0. The van der Waals surface area contributed by atoms with Crippen molar-refractivity contribution in [3.05, 3.63) is 78.0 Å².